The lowest BCUT2D eigenvalue weighted by molar-refractivity contribution is 0.536. The summed E-state index contributed by atoms with van der Waals surface area (Å²) in [6.07, 6.45) is 1.20. The second-order valence-electron chi connectivity index (χ2n) is 5.21. The second kappa shape index (κ2) is 6.54. The standard InChI is InChI=1S/C15H12F2N2O4S2/c16-10-2-4-12(17)14(6-10)19-25(22,23)15-7-18-13-5-9(8-24(20)21)1-3-11(13)15/h1-7,18-19H,8H2,(H,20,21)/p-1. The van der Waals surface area contributed by atoms with Crippen LogP contribution in [0.2, 0.25) is 0 Å². The molecule has 25 heavy (non-hydrogen) atoms. The fraction of sp³-hybridized carbons (Fsp3) is 0.0667. The first-order chi connectivity index (χ1) is 11.8. The van der Waals surface area contributed by atoms with Crippen molar-refractivity contribution in [2.45, 2.75) is 10.6 Å². The highest BCUT2D eigenvalue weighted by molar-refractivity contribution is 7.93. The molecule has 0 aliphatic heterocycles. The SMILES string of the molecule is O=S([O-])Cc1ccc2c(S(=O)(=O)Nc3cc(F)ccc3F)c[nH]c2c1. The molecule has 3 aromatic rings. The number of sulfonamides is 1. The van der Waals surface area contributed by atoms with Crippen molar-refractivity contribution in [2.75, 3.05) is 4.72 Å². The van der Waals surface area contributed by atoms with Gasteiger partial charge in [0.05, 0.1) is 5.69 Å². The van der Waals surface area contributed by atoms with Crippen LogP contribution in [0.1, 0.15) is 5.56 Å². The summed E-state index contributed by atoms with van der Waals surface area (Å²) >= 11 is -2.27. The smallest absolute Gasteiger partial charge is 0.264 e. The Kier molecular flexibility index (Phi) is 4.58. The molecule has 1 aromatic heterocycles. The van der Waals surface area contributed by atoms with Gasteiger partial charge in [0.2, 0.25) is 0 Å². The Hall–Kier alpha value is -2.30. The third kappa shape index (κ3) is 3.70. The van der Waals surface area contributed by atoms with Crippen molar-refractivity contribution in [2.24, 2.45) is 0 Å². The number of aromatic nitrogens is 1. The molecule has 0 spiro atoms. The second-order valence-corrected chi connectivity index (χ2v) is 7.76. The van der Waals surface area contributed by atoms with E-state index in [4.69, 9.17) is 0 Å². The van der Waals surface area contributed by atoms with Crippen LogP contribution in [-0.4, -0.2) is 22.2 Å². The van der Waals surface area contributed by atoms with Crippen molar-refractivity contribution >= 4 is 37.7 Å². The van der Waals surface area contributed by atoms with E-state index in [9.17, 15) is 26.0 Å². The summed E-state index contributed by atoms with van der Waals surface area (Å²) in [5.74, 6) is -1.90. The summed E-state index contributed by atoms with van der Waals surface area (Å²) < 4.78 is 75.4. The number of hydrogen-bond donors (Lipinski definition) is 2. The van der Waals surface area contributed by atoms with E-state index >= 15 is 0 Å². The number of hydrogen-bond acceptors (Lipinski definition) is 4. The zero-order valence-electron chi connectivity index (χ0n) is 12.5. The van der Waals surface area contributed by atoms with Gasteiger partial charge in [0.25, 0.3) is 10.0 Å². The van der Waals surface area contributed by atoms with Gasteiger partial charge in [-0.2, -0.15) is 0 Å². The van der Waals surface area contributed by atoms with Crippen LogP contribution in [0.25, 0.3) is 10.9 Å². The van der Waals surface area contributed by atoms with Crippen LogP contribution >= 0.6 is 0 Å². The highest BCUT2D eigenvalue weighted by Crippen LogP contribution is 2.27. The highest BCUT2D eigenvalue weighted by Gasteiger charge is 2.21. The lowest BCUT2D eigenvalue weighted by Gasteiger charge is -2.09. The van der Waals surface area contributed by atoms with Crippen LogP contribution in [0.15, 0.2) is 47.5 Å². The number of H-pyrrole nitrogens is 1. The summed E-state index contributed by atoms with van der Waals surface area (Å²) in [6.45, 7) is 0. The van der Waals surface area contributed by atoms with Gasteiger partial charge in [0.1, 0.15) is 16.5 Å². The molecule has 0 saturated heterocycles. The molecule has 10 heteroatoms. The summed E-state index contributed by atoms with van der Waals surface area (Å²) in [5.41, 5.74) is 0.381. The monoisotopic (exact) mass is 385 g/mol. The Morgan fingerprint density at radius 2 is 1.92 bits per heavy atom. The third-order valence-electron chi connectivity index (χ3n) is 3.45. The molecule has 0 radical (unpaired) electrons. The Bertz CT molecular complexity index is 1080. The number of benzene rings is 2. The van der Waals surface area contributed by atoms with Crippen LogP contribution in [0.3, 0.4) is 0 Å². The predicted octanol–water partition coefficient (Wildman–Crippen LogP) is 2.63. The van der Waals surface area contributed by atoms with Gasteiger partial charge in [0.15, 0.2) is 0 Å². The van der Waals surface area contributed by atoms with Crippen LogP contribution in [-0.2, 0) is 26.9 Å². The van der Waals surface area contributed by atoms with Gasteiger partial charge in [-0.1, -0.05) is 23.2 Å². The van der Waals surface area contributed by atoms with Crippen molar-refractivity contribution in [1.82, 2.24) is 4.98 Å². The molecule has 0 fully saturated rings. The van der Waals surface area contributed by atoms with E-state index in [0.29, 0.717) is 16.5 Å². The minimum Gasteiger partial charge on any atom is -0.772 e. The quantitative estimate of drug-likeness (QED) is 0.659. The van der Waals surface area contributed by atoms with Crippen molar-refractivity contribution < 1.29 is 26.0 Å². The average Bonchev–Trinajstić information content (AvgIpc) is 2.94. The number of rotatable bonds is 5. The maximum absolute atomic E-state index is 13.7. The molecule has 0 aliphatic carbocycles. The summed E-state index contributed by atoms with van der Waals surface area (Å²) in [6, 6.07) is 6.87. The van der Waals surface area contributed by atoms with Gasteiger partial charge in [-0.3, -0.25) is 8.93 Å². The minimum absolute atomic E-state index is 0.166. The van der Waals surface area contributed by atoms with Crippen LogP contribution < -0.4 is 4.72 Å². The maximum Gasteiger partial charge on any atom is 0.264 e. The fourth-order valence-corrected chi connectivity index (χ4v) is 4.06. The Morgan fingerprint density at radius 1 is 1.16 bits per heavy atom. The summed E-state index contributed by atoms with van der Waals surface area (Å²) in [7, 11) is -4.18. The highest BCUT2D eigenvalue weighted by atomic mass is 32.2. The largest absolute Gasteiger partial charge is 0.772 e. The molecular formula is C15H11F2N2O4S2-. The first kappa shape index (κ1) is 17.5. The van der Waals surface area contributed by atoms with Gasteiger partial charge in [-0.15, -0.1) is 0 Å². The van der Waals surface area contributed by atoms with E-state index in [1.54, 1.807) is 0 Å². The van der Waals surface area contributed by atoms with Crippen LogP contribution in [0.4, 0.5) is 14.5 Å². The normalized spacial score (nSPS) is 13.1. The topological polar surface area (TPSA) is 102 Å². The number of aromatic amines is 1. The molecule has 1 heterocycles. The maximum atomic E-state index is 13.7. The molecule has 0 saturated carbocycles. The first-order valence-electron chi connectivity index (χ1n) is 6.90. The van der Waals surface area contributed by atoms with E-state index < -0.39 is 38.4 Å². The number of nitrogens with one attached hydrogen (secondary N) is 2. The molecule has 2 N–H and O–H groups in total. The summed E-state index contributed by atoms with van der Waals surface area (Å²) in [4.78, 5) is 2.57. The Labute approximate surface area is 144 Å². The van der Waals surface area contributed by atoms with E-state index in [-0.39, 0.29) is 10.6 Å². The van der Waals surface area contributed by atoms with E-state index in [2.05, 4.69) is 4.98 Å². The molecule has 3 rings (SSSR count). The van der Waals surface area contributed by atoms with Gasteiger partial charge >= 0.3 is 0 Å². The van der Waals surface area contributed by atoms with Crippen molar-refractivity contribution in [1.29, 1.82) is 0 Å². The van der Waals surface area contributed by atoms with Crippen LogP contribution in [0.5, 0.6) is 0 Å². The fourth-order valence-electron chi connectivity index (χ4n) is 2.37. The van der Waals surface area contributed by atoms with E-state index in [1.165, 1.54) is 24.4 Å². The van der Waals surface area contributed by atoms with Crippen molar-refractivity contribution in [3.63, 3.8) is 0 Å². The number of halogens is 2. The van der Waals surface area contributed by atoms with Crippen molar-refractivity contribution in [3.05, 3.63) is 59.8 Å². The van der Waals surface area contributed by atoms with Crippen molar-refractivity contribution in [3.8, 4) is 0 Å². The Morgan fingerprint density at radius 3 is 2.64 bits per heavy atom. The van der Waals surface area contributed by atoms with Gasteiger partial charge in [0, 0.05) is 28.9 Å². The minimum atomic E-state index is -4.18. The average molecular weight is 385 g/mol. The molecule has 0 amide bonds. The number of anilines is 1. The molecule has 1 atom stereocenters. The van der Waals surface area contributed by atoms with Gasteiger partial charge in [-0.25, -0.2) is 17.2 Å². The Balaban J connectivity index is 2.00. The molecule has 6 nitrogen and oxygen atoms in total. The molecule has 132 valence electrons. The zero-order chi connectivity index (χ0) is 18.2. The molecule has 2 aromatic carbocycles. The van der Waals surface area contributed by atoms with E-state index in [1.807, 2.05) is 4.72 Å². The van der Waals surface area contributed by atoms with Gasteiger partial charge < -0.3 is 9.54 Å². The summed E-state index contributed by atoms with van der Waals surface area (Å²) in [5, 5.41) is 0.296. The number of fused-ring (bicyclic) bond motifs is 1. The van der Waals surface area contributed by atoms with Gasteiger partial charge in [-0.05, 0) is 23.8 Å². The lowest BCUT2D eigenvalue weighted by Crippen LogP contribution is -2.13. The molecule has 0 aliphatic rings. The molecule has 0 bridgehead atoms. The molecule has 1 unspecified atom stereocenters. The van der Waals surface area contributed by atoms with E-state index in [0.717, 1.165) is 18.2 Å². The molecular weight excluding hydrogens is 374 g/mol. The third-order valence-corrected chi connectivity index (χ3v) is 5.43. The predicted molar refractivity (Wildman–Crippen MR) is 88.1 cm³/mol. The first-order valence-corrected chi connectivity index (χ1v) is 9.63. The van der Waals surface area contributed by atoms with Crippen LogP contribution in [0, 0.1) is 11.6 Å². The zero-order valence-corrected chi connectivity index (χ0v) is 14.1. The lowest BCUT2D eigenvalue weighted by atomic mass is 10.2.